The molecular weight excluding hydrogens is 523 g/mol. The predicted molar refractivity (Wildman–Crippen MR) is 147 cm³/mol. The Labute approximate surface area is 230 Å². The van der Waals surface area contributed by atoms with Crippen LogP contribution in [-0.4, -0.2) is 60.4 Å². The molecule has 1 aliphatic heterocycles. The van der Waals surface area contributed by atoms with E-state index in [0.717, 1.165) is 23.4 Å². The Morgan fingerprint density at radius 3 is 2.12 bits per heavy atom. The third-order valence-electron chi connectivity index (χ3n) is 6.52. The molecule has 4 rings (SSSR count). The molecule has 2 N–H and O–H groups in total. The summed E-state index contributed by atoms with van der Waals surface area (Å²) in [5, 5.41) is 5.36. The molecule has 0 radical (unpaired) electrons. The predicted octanol–water partition coefficient (Wildman–Crippen LogP) is 5.05. The molecule has 210 valence electrons. The summed E-state index contributed by atoms with van der Waals surface area (Å²) in [6.45, 7) is 3.56. The molecule has 1 heterocycles. The van der Waals surface area contributed by atoms with Crippen molar-refractivity contribution >= 4 is 34.9 Å². The molecule has 0 saturated carbocycles. The third kappa shape index (κ3) is 7.75. The van der Waals surface area contributed by atoms with Gasteiger partial charge in [-0.25, -0.2) is 4.79 Å². The normalized spacial score (nSPS) is 13.5. The summed E-state index contributed by atoms with van der Waals surface area (Å²) in [4.78, 5) is 42.3. The van der Waals surface area contributed by atoms with E-state index < -0.39 is 17.8 Å². The molecule has 1 fully saturated rings. The number of hydrogen-bond acceptors (Lipinski definition) is 4. The van der Waals surface area contributed by atoms with Crippen molar-refractivity contribution in [1.29, 1.82) is 0 Å². The molecule has 1 aliphatic rings. The lowest BCUT2D eigenvalue weighted by Crippen LogP contribution is -2.50. The molecule has 0 aromatic heterocycles. The van der Waals surface area contributed by atoms with Gasteiger partial charge in [0.25, 0.3) is 0 Å². The number of rotatable bonds is 7. The minimum Gasteiger partial charge on any atom is -0.368 e. The van der Waals surface area contributed by atoms with Crippen LogP contribution in [0.25, 0.3) is 0 Å². The lowest BCUT2D eigenvalue weighted by molar-refractivity contribution is -0.137. The van der Waals surface area contributed by atoms with Crippen LogP contribution in [0.15, 0.2) is 78.9 Å². The van der Waals surface area contributed by atoms with E-state index in [4.69, 9.17) is 0 Å². The minimum absolute atomic E-state index is 0.0729. The van der Waals surface area contributed by atoms with Gasteiger partial charge in [-0.05, 0) is 48.0 Å². The Morgan fingerprint density at radius 1 is 0.825 bits per heavy atom. The summed E-state index contributed by atoms with van der Waals surface area (Å²) >= 11 is 0. The van der Waals surface area contributed by atoms with Crippen molar-refractivity contribution in [2.45, 2.75) is 19.6 Å². The van der Waals surface area contributed by atoms with Gasteiger partial charge < -0.3 is 25.3 Å². The highest BCUT2D eigenvalue weighted by Gasteiger charge is 2.31. The summed E-state index contributed by atoms with van der Waals surface area (Å²) < 4.78 is 38.8. The molecule has 3 aromatic carbocycles. The molecule has 0 bridgehead atoms. The summed E-state index contributed by atoms with van der Waals surface area (Å²) in [6.07, 6.45) is -4.48. The molecule has 40 heavy (non-hydrogen) atoms. The Hall–Kier alpha value is -4.54. The van der Waals surface area contributed by atoms with E-state index in [1.54, 1.807) is 17.0 Å². The van der Waals surface area contributed by atoms with Crippen LogP contribution < -0.4 is 15.5 Å². The van der Waals surface area contributed by atoms with Gasteiger partial charge in [-0.1, -0.05) is 36.4 Å². The monoisotopic (exact) mass is 553 g/mol. The van der Waals surface area contributed by atoms with Crippen molar-refractivity contribution in [3.63, 3.8) is 0 Å². The van der Waals surface area contributed by atoms with E-state index in [1.165, 1.54) is 24.0 Å². The number of carbonyl (C=O) groups is 3. The molecule has 0 aliphatic carbocycles. The number of nitrogens with zero attached hydrogens (tertiary/aromatic N) is 3. The lowest BCUT2D eigenvalue weighted by Gasteiger charge is -2.36. The van der Waals surface area contributed by atoms with Crippen molar-refractivity contribution in [2.75, 3.05) is 48.3 Å². The first-order chi connectivity index (χ1) is 19.1. The molecular formula is C29H30F3N5O3. The molecule has 0 unspecified atom stereocenters. The van der Waals surface area contributed by atoms with Crippen LogP contribution in [0.2, 0.25) is 0 Å². The standard InChI is InChI=1S/C29H30F3N5O3/c1-21(38)37(19-22-6-3-2-4-7-22)20-27(39)33-24-10-12-26(13-11-24)35-14-16-36(17-15-35)28(40)34-25-9-5-8-23(18-25)29(30,31)32/h2-13,18H,14-17,19-20H2,1H3,(H,33,39)(H,34,40). The number of halogens is 3. The average Bonchev–Trinajstić information content (AvgIpc) is 2.93. The zero-order valence-electron chi connectivity index (χ0n) is 21.9. The first kappa shape index (κ1) is 28.5. The second-order valence-electron chi connectivity index (χ2n) is 9.44. The van der Waals surface area contributed by atoms with E-state index in [2.05, 4.69) is 15.5 Å². The summed E-state index contributed by atoms with van der Waals surface area (Å²) in [6, 6.07) is 20.8. The number of anilines is 3. The van der Waals surface area contributed by atoms with Crippen LogP contribution in [0.3, 0.4) is 0 Å². The van der Waals surface area contributed by atoms with Crippen LogP contribution in [0.4, 0.5) is 35.0 Å². The number of benzene rings is 3. The molecule has 0 atom stereocenters. The Balaban J connectivity index is 1.26. The number of alkyl halides is 3. The van der Waals surface area contributed by atoms with Crippen LogP contribution in [-0.2, 0) is 22.3 Å². The fraction of sp³-hybridized carbons (Fsp3) is 0.276. The van der Waals surface area contributed by atoms with Gasteiger partial charge in [0.05, 0.1) is 5.56 Å². The van der Waals surface area contributed by atoms with E-state index in [1.807, 2.05) is 42.5 Å². The number of carbonyl (C=O) groups excluding carboxylic acids is 3. The summed E-state index contributed by atoms with van der Waals surface area (Å²) in [5.41, 5.74) is 1.70. The maximum Gasteiger partial charge on any atom is 0.416 e. The Kier molecular flexibility index (Phi) is 8.93. The average molecular weight is 554 g/mol. The van der Waals surface area contributed by atoms with Gasteiger partial charge in [0.2, 0.25) is 11.8 Å². The molecule has 0 spiro atoms. The van der Waals surface area contributed by atoms with E-state index >= 15 is 0 Å². The van der Waals surface area contributed by atoms with Gasteiger partial charge >= 0.3 is 12.2 Å². The minimum atomic E-state index is -4.48. The first-order valence-electron chi connectivity index (χ1n) is 12.8. The maximum atomic E-state index is 12.9. The largest absolute Gasteiger partial charge is 0.416 e. The number of amides is 4. The highest BCUT2D eigenvalue weighted by molar-refractivity contribution is 5.94. The number of nitrogens with one attached hydrogen (secondary N) is 2. The summed E-state index contributed by atoms with van der Waals surface area (Å²) in [7, 11) is 0. The topological polar surface area (TPSA) is 85.0 Å². The maximum absolute atomic E-state index is 12.9. The fourth-order valence-electron chi connectivity index (χ4n) is 4.36. The van der Waals surface area contributed by atoms with E-state index in [-0.39, 0.29) is 24.0 Å². The van der Waals surface area contributed by atoms with Gasteiger partial charge in [0.1, 0.15) is 6.54 Å². The second-order valence-corrected chi connectivity index (χ2v) is 9.44. The molecule has 4 amide bonds. The Bertz CT molecular complexity index is 1320. The van der Waals surface area contributed by atoms with Gasteiger partial charge in [-0.2, -0.15) is 13.2 Å². The molecule has 1 saturated heterocycles. The number of urea groups is 1. The van der Waals surface area contributed by atoms with Gasteiger partial charge in [0, 0.05) is 56.7 Å². The second kappa shape index (κ2) is 12.5. The lowest BCUT2D eigenvalue weighted by atomic mass is 10.2. The zero-order chi connectivity index (χ0) is 28.7. The SMILES string of the molecule is CC(=O)N(CC(=O)Nc1ccc(N2CCN(C(=O)Nc3cccc(C(F)(F)F)c3)CC2)cc1)Cc1ccccc1. The van der Waals surface area contributed by atoms with Crippen LogP contribution in [0.1, 0.15) is 18.1 Å². The van der Waals surface area contributed by atoms with E-state index in [0.29, 0.717) is 38.4 Å². The van der Waals surface area contributed by atoms with Crippen molar-refractivity contribution in [1.82, 2.24) is 9.80 Å². The zero-order valence-corrected chi connectivity index (χ0v) is 21.9. The number of piperazine rings is 1. The van der Waals surface area contributed by atoms with Crippen molar-refractivity contribution in [3.05, 3.63) is 90.0 Å². The van der Waals surface area contributed by atoms with Crippen LogP contribution >= 0.6 is 0 Å². The number of hydrogen-bond donors (Lipinski definition) is 2. The van der Waals surface area contributed by atoms with Gasteiger partial charge in [0.15, 0.2) is 0 Å². The van der Waals surface area contributed by atoms with Crippen molar-refractivity contribution in [2.24, 2.45) is 0 Å². The highest BCUT2D eigenvalue weighted by Crippen LogP contribution is 2.30. The summed E-state index contributed by atoms with van der Waals surface area (Å²) in [5.74, 6) is -0.503. The van der Waals surface area contributed by atoms with Gasteiger partial charge in [-0.3, -0.25) is 9.59 Å². The van der Waals surface area contributed by atoms with Crippen molar-refractivity contribution in [3.8, 4) is 0 Å². The highest BCUT2D eigenvalue weighted by atomic mass is 19.4. The first-order valence-corrected chi connectivity index (χ1v) is 12.8. The van der Waals surface area contributed by atoms with E-state index in [9.17, 15) is 27.6 Å². The quantitative estimate of drug-likeness (QED) is 0.429. The van der Waals surface area contributed by atoms with Crippen LogP contribution in [0.5, 0.6) is 0 Å². The smallest absolute Gasteiger partial charge is 0.368 e. The van der Waals surface area contributed by atoms with Crippen LogP contribution in [0, 0.1) is 0 Å². The Morgan fingerprint density at radius 2 is 1.50 bits per heavy atom. The molecule has 3 aromatic rings. The molecule has 11 heteroatoms. The molecule has 8 nitrogen and oxygen atoms in total. The van der Waals surface area contributed by atoms with Gasteiger partial charge in [-0.15, -0.1) is 0 Å². The third-order valence-corrected chi connectivity index (χ3v) is 6.52. The fourth-order valence-corrected chi connectivity index (χ4v) is 4.36. The van der Waals surface area contributed by atoms with Crippen molar-refractivity contribution < 1.29 is 27.6 Å².